The van der Waals surface area contributed by atoms with E-state index in [0.29, 0.717) is 6.61 Å². The first-order valence-electron chi connectivity index (χ1n) is 6.91. The third-order valence-corrected chi connectivity index (χ3v) is 4.08. The van der Waals surface area contributed by atoms with Gasteiger partial charge < -0.3 is 9.84 Å². The molecule has 0 aromatic heterocycles. The lowest BCUT2D eigenvalue weighted by Gasteiger charge is -2.30. The van der Waals surface area contributed by atoms with Gasteiger partial charge in [-0.05, 0) is 18.9 Å². The molecule has 1 aliphatic carbocycles. The number of nitrogens with zero attached hydrogens (tertiary/aromatic N) is 1. The highest BCUT2D eigenvalue weighted by atomic mass is 16.5. The molecule has 3 rings (SSSR count). The molecule has 1 aromatic rings. The number of β-amino-alcohol motifs (C(OH)–C–C–N with tert-alkyl or cyclic N) is 1. The summed E-state index contributed by atoms with van der Waals surface area (Å²) in [7, 11) is 0. The molecule has 0 saturated heterocycles. The van der Waals surface area contributed by atoms with Crippen molar-refractivity contribution in [3.8, 4) is 5.75 Å². The van der Waals surface area contributed by atoms with Crippen LogP contribution < -0.4 is 4.74 Å². The van der Waals surface area contributed by atoms with Crippen molar-refractivity contribution in [2.24, 2.45) is 0 Å². The molecule has 1 fully saturated rings. The van der Waals surface area contributed by atoms with E-state index >= 15 is 0 Å². The first kappa shape index (κ1) is 12.0. The van der Waals surface area contributed by atoms with Crippen LogP contribution in [0.5, 0.6) is 5.75 Å². The fourth-order valence-corrected chi connectivity index (χ4v) is 3.12. The molecule has 1 N–H and O–H groups in total. The highest BCUT2D eigenvalue weighted by Crippen LogP contribution is 2.31. The van der Waals surface area contributed by atoms with Crippen LogP contribution in [0.25, 0.3) is 0 Å². The third-order valence-electron chi connectivity index (χ3n) is 4.08. The number of fused-ring (bicyclic) bond motifs is 1. The third kappa shape index (κ3) is 2.52. The minimum Gasteiger partial charge on any atom is -0.492 e. The standard InChI is InChI=1S/C15H21NO2/c17-15(7-3-4-8-15)12-16-9-10-18-14-6-2-1-5-13(14)11-16/h1-2,5-6,17H,3-4,7-12H2. The molecule has 0 atom stereocenters. The maximum absolute atomic E-state index is 10.5. The Kier molecular flexibility index (Phi) is 3.27. The zero-order valence-corrected chi connectivity index (χ0v) is 10.8. The van der Waals surface area contributed by atoms with Gasteiger partial charge in [0.15, 0.2) is 0 Å². The molecule has 0 amide bonds. The molecule has 0 spiro atoms. The molecule has 0 bridgehead atoms. The van der Waals surface area contributed by atoms with Crippen molar-refractivity contribution in [2.45, 2.75) is 37.8 Å². The highest BCUT2D eigenvalue weighted by molar-refractivity contribution is 5.33. The van der Waals surface area contributed by atoms with E-state index in [2.05, 4.69) is 17.0 Å². The van der Waals surface area contributed by atoms with E-state index in [9.17, 15) is 5.11 Å². The van der Waals surface area contributed by atoms with Gasteiger partial charge in [-0.25, -0.2) is 0 Å². The van der Waals surface area contributed by atoms with Gasteiger partial charge in [0.1, 0.15) is 12.4 Å². The van der Waals surface area contributed by atoms with Crippen LogP contribution in [-0.4, -0.2) is 35.3 Å². The molecule has 3 nitrogen and oxygen atoms in total. The fourth-order valence-electron chi connectivity index (χ4n) is 3.12. The average molecular weight is 247 g/mol. The Morgan fingerprint density at radius 1 is 1.22 bits per heavy atom. The maximum atomic E-state index is 10.5. The van der Waals surface area contributed by atoms with E-state index in [1.807, 2.05) is 12.1 Å². The van der Waals surface area contributed by atoms with Crippen molar-refractivity contribution < 1.29 is 9.84 Å². The van der Waals surface area contributed by atoms with Crippen LogP contribution >= 0.6 is 0 Å². The van der Waals surface area contributed by atoms with Crippen molar-refractivity contribution >= 4 is 0 Å². The van der Waals surface area contributed by atoms with Gasteiger partial charge in [0.25, 0.3) is 0 Å². The lowest BCUT2D eigenvalue weighted by molar-refractivity contribution is 0.00609. The van der Waals surface area contributed by atoms with Crippen LogP contribution in [0.1, 0.15) is 31.2 Å². The summed E-state index contributed by atoms with van der Waals surface area (Å²) in [5.41, 5.74) is 0.774. The van der Waals surface area contributed by atoms with Gasteiger partial charge in [-0.15, -0.1) is 0 Å². The number of hydrogen-bond donors (Lipinski definition) is 1. The Morgan fingerprint density at radius 2 is 2.00 bits per heavy atom. The summed E-state index contributed by atoms with van der Waals surface area (Å²) < 4.78 is 5.75. The fraction of sp³-hybridized carbons (Fsp3) is 0.600. The molecule has 0 radical (unpaired) electrons. The molecule has 1 saturated carbocycles. The predicted octanol–water partition coefficient (Wildman–Crippen LogP) is 2.19. The Hall–Kier alpha value is -1.06. The number of rotatable bonds is 2. The van der Waals surface area contributed by atoms with Gasteiger partial charge in [0.2, 0.25) is 0 Å². The second-order valence-electron chi connectivity index (χ2n) is 5.60. The zero-order chi connectivity index (χ0) is 12.4. The quantitative estimate of drug-likeness (QED) is 0.869. The van der Waals surface area contributed by atoms with Crippen molar-refractivity contribution in [2.75, 3.05) is 19.7 Å². The first-order chi connectivity index (χ1) is 8.75. The minimum atomic E-state index is -0.459. The van der Waals surface area contributed by atoms with Gasteiger partial charge in [-0.3, -0.25) is 4.90 Å². The van der Waals surface area contributed by atoms with Crippen LogP contribution in [-0.2, 0) is 6.54 Å². The highest BCUT2D eigenvalue weighted by Gasteiger charge is 2.33. The van der Waals surface area contributed by atoms with Crippen LogP contribution in [0.3, 0.4) is 0 Å². The smallest absolute Gasteiger partial charge is 0.123 e. The molecule has 0 unspecified atom stereocenters. The van der Waals surface area contributed by atoms with Gasteiger partial charge in [0, 0.05) is 25.2 Å². The average Bonchev–Trinajstić information content (AvgIpc) is 2.68. The molecule has 2 aliphatic rings. The number of benzene rings is 1. The van der Waals surface area contributed by atoms with Crippen molar-refractivity contribution in [1.82, 2.24) is 4.90 Å². The lowest BCUT2D eigenvalue weighted by atomic mass is 10.0. The van der Waals surface area contributed by atoms with E-state index in [0.717, 1.165) is 51.1 Å². The first-order valence-corrected chi connectivity index (χ1v) is 6.91. The van der Waals surface area contributed by atoms with Gasteiger partial charge in [-0.1, -0.05) is 31.0 Å². The van der Waals surface area contributed by atoms with Gasteiger partial charge in [0.05, 0.1) is 5.60 Å². The van der Waals surface area contributed by atoms with E-state index in [-0.39, 0.29) is 0 Å². The topological polar surface area (TPSA) is 32.7 Å². The molecule has 98 valence electrons. The Labute approximate surface area is 108 Å². The number of para-hydroxylation sites is 1. The summed E-state index contributed by atoms with van der Waals surface area (Å²) in [4.78, 5) is 2.33. The van der Waals surface area contributed by atoms with E-state index in [1.54, 1.807) is 0 Å². The number of ether oxygens (including phenoxy) is 1. The SMILES string of the molecule is OC1(CN2CCOc3ccccc3C2)CCCC1. The number of aliphatic hydroxyl groups is 1. The summed E-state index contributed by atoms with van der Waals surface area (Å²) in [6, 6.07) is 8.21. The minimum absolute atomic E-state index is 0.459. The summed E-state index contributed by atoms with van der Waals surface area (Å²) in [6.45, 7) is 3.28. The van der Waals surface area contributed by atoms with Crippen molar-refractivity contribution in [3.05, 3.63) is 29.8 Å². The second-order valence-corrected chi connectivity index (χ2v) is 5.60. The van der Waals surface area contributed by atoms with Crippen LogP contribution in [0.4, 0.5) is 0 Å². The molecular formula is C15H21NO2. The zero-order valence-electron chi connectivity index (χ0n) is 10.8. The van der Waals surface area contributed by atoms with E-state index in [4.69, 9.17) is 4.74 Å². The Morgan fingerprint density at radius 3 is 2.83 bits per heavy atom. The van der Waals surface area contributed by atoms with Crippen molar-refractivity contribution in [1.29, 1.82) is 0 Å². The lowest BCUT2D eigenvalue weighted by Crippen LogP contribution is -2.41. The van der Waals surface area contributed by atoms with Crippen LogP contribution in [0.2, 0.25) is 0 Å². The Bertz CT molecular complexity index is 413. The summed E-state index contributed by atoms with van der Waals surface area (Å²) in [6.07, 6.45) is 4.23. The maximum Gasteiger partial charge on any atom is 0.123 e. The predicted molar refractivity (Wildman–Crippen MR) is 70.6 cm³/mol. The van der Waals surface area contributed by atoms with Crippen LogP contribution in [0.15, 0.2) is 24.3 Å². The molecule has 1 heterocycles. The molecule has 1 aromatic carbocycles. The normalized spacial score (nSPS) is 23.2. The summed E-state index contributed by atoms with van der Waals surface area (Å²) in [5, 5.41) is 10.5. The monoisotopic (exact) mass is 247 g/mol. The second kappa shape index (κ2) is 4.90. The molecular weight excluding hydrogens is 226 g/mol. The van der Waals surface area contributed by atoms with Crippen LogP contribution in [0, 0.1) is 0 Å². The van der Waals surface area contributed by atoms with E-state index < -0.39 is 5.60 Å². The van der Waals surface area contributed by atoms with Crippen molar-refractivity contribution in [3.63, 3.8) is 0 Å². The Balaban J connectivity index is 1.71. The molecule has 3 heteroatoms. The summed E-state index contributed by atoms with van der Waals surface area (Å²) in [5.74, 6) is 0.999. The number of hydrogen-bond acceptors (Lipinski definition) is 3. The largest absolute Gasteiger partial charge is 0.492 e. The molecule has 18 heavy (non-hydrogen) atoms. The van der Waals surface area contributed by atoms with Gasteiger partial charge >= 0.3 is 0 Å². The summed E-state index contributed by atoms with van der Waals surface area (Å²) >= 11 is 0. The van der Waals surface area contributed by atoms with E-state index in [1.165, 1.54) is 5.56 Å². The molecule has 1 aliphatic heterocycles. The van der Waals surface area contributed by atoms with Gasteiger partial charge in [-0.2, -0.15) is 0 Å².